The Morgan fingerprint density at radius 3 is 2.81 bits per heavy atom. The number of rotatable bonds is 5. The molecule has 2 heterocycles. The Hall–Kier alpha value is -1.99. The average Bonchev–Trinajstić information content (AvgIpc) is 2.97. The van der Waals surface area contributed by atoms with Crippen molar-refractivity contribution in [3.63, 3.8) is 0 Å². The van der Waals surface area contributed by atoms with Crippen LogP contribution in [-0.2, 0) is 11.3 Å². The molecular weight excluding hydrogens is 277 g/mol. The van der Waals surface area contributed by atoms with Gasteiger partial charge in [-0.1, -0.05) is 5.21 Å². The van der Waals surface area contributed by atoms with E-state index in [4.69, 9.17) is 5.73 Å². The van der Waals surface area contributed by atoms with Gasteiger partial charge in [0.05, 0.1) is 25.3 Å². The zero-order valence-electron chi connectivity index (χ0n) is 11.6. The number of nitrogens with zero attached hydrogens (tertiary/aromatic N) is 4. The Labute approximate surface area is 121 Å². The second-order valence-electron chi connectivity index (χ2n) is 5.87. The molecule has 0 unspecified atom stereocenters. The van der Waals surface area contributed by atoms with Gasteiger partial charge < -0.3 is 10.6 Å². The van der Waals surface area contributed by atoms with E-state index in [1.54, 1.807) is 4.90 Å². The van der Waals surface area contributed by atoms with Gasteiger partial charge in [0.1, 0.15) is 6.17 Å². The highest BCUT2D eigenvalue weighted by Crippen LogP contribution is 2.34. The molecule has 1 saturated heterocycles. The lowest BCUT2D eigenvalue weighted by molar-refractivity contribution is -0.132. The quantitative estimate of drug-likeness (QED) is 0.834. The molecule has 2 atom stereocenters. The molecule has 2 N–H and O–H groups in total. The first kappa shape index (κ1) is 14.0. The predicted molar refractivity (Wildman–Crippen MR) is 70.9 cm³/mol. The molecule has 2 fully saturated rings. The topological polar surface area (TPSA) is 94.1 Å². The van der Waals surface area contributed by atoms with Crippen molar-refractivity contribution in [1.29, 1.82) is 0 Å². The second kappa shape index (κ2) is 5.42. The van der Waals surface area contributed by atoms with Crippen molar-refractivity contribution in [3.05, 3.63) is 11.9 Å². The number of carbonyl (C=O) groups excluding carboxylic acids is 2. The fraction of sp³-hybridized carbons (Fsp3) is 0.692. The molecule has 1 aromatic heterocycles. The lowest BCUT2D eigenvalue weighted by Gasteiger charge is -2.24. The number of halogens is 1. The van der Waals surface area contributed by atoms with Crippen LogP contribution in [0.1, 0.15) is 36.2 Å². The summed E-state index contributed by atoms with van der Waals surface area (Å²) in [6.07, 6.45) is 3.41. The number of hydrogen-bond acceptors (Lipinski definition) is 4. The number of nitrogens with two attached hydrogens (primary N) is 1. The molecule has 114 valence electrons. The average molecular weight is 295 g/mol. The number of amides is 2. The minimum absolute atomic E-state index is 0.0119. The van der Waals surface area contributed by atoms with Crippen molar-refractivity contribution in [3.8, 4) is 0 Å². The summed E-state index contributed by atoms with van der Waals surface area (Å²) in [5, 5.41) is 7.44. The second-order valence-corrected chi connectivity index (χ2v) is 5.87. The predicted octanol–water partition coefficient (Wildman–Crippen LogP) is 0.116. The van der Waals surface area contributed by atoms with Crippen LogP contribution in [0.2, 0.25) is 0 Å². The van der Waals surface area contributed by atoms with E-state index in [-0.39, 0.29) is 24.2 Å². The molecule has 1 aliphatic carbocycles. The lowest BCUT2D eigenvalue weighted by atomic mass is 10.2. The van der Waals surface area contributed by atoms with E-state index >= 15 is 0 Å². The van der Waals surface area contributed by atoms with Crippen molar-refractivity contribution in [1.82, 2.24) is 19.9 Å². The maximum Gasteiger partial charge on any atom is 0.270 e. The van der Waals surface area contributed by atoms with Gasteiger partial charge in [-0.15, -0.1) is 5.10 Å². The van der Waals surface area contributed by atoms with Gasteiger partial charge >= 0.3 is 0 Å². The highest BCUT2D eigenvalue weighted by Gasteiger charge is 2.37. The Kier molecular flexibility index (Phi) is 3.60. The molecule has 0 bridgehead atoms. The molecule has 1 aliphatic heterocycles. The molecule has 8 heteroatoms. The minimum Gasteiger partial charge on any atom is -0.364 e. The van der Waals surface area contributed by atoms with Crippen LogP contribution in [0.25, 0.3) is 0 Å². The first-order chi connectivity index (χ1) is 10.0. The van der Waals surface area contributed by atoms with E-state index in [0.717, 1.165) is 12.8 Å². The number of aromatic nitrogens is 3. The van der Waals surface area contributed by atoms with Crippen molar-refractivity contribution in [2.45, 2.75) is 44.4 Å². The van der Waals surface area contributed by atoms with Crippen LogP contribution in [0.3, 0.4) is 0 Å². The van der Waals surface area contributed by atoms with Gasteiger partial charge in [0.25, 0.3) is 5.91 Å². The molecule has 7 nitrogen and oxygen atoms in total. The van der Waals surface area contributed by atoms with E-state index in [0.29, 0.717) is 25.3 Å². The first-order valence-corrected chi connectivity index (χ1v) is 7.16. The Morgan fingerprint density at radius 2 is 2.19 bits per heavy atom. The smallest absolute Gasteiger partial charge is 0.270 e. The fourth-order valence-corrected chi connectivity index (χ4v) is 2.74. The number of hydrogen-bond donors (Lipinski definition) is 1. The summed E-state index contributed by atoms with van der Waals surface area (Å²) in [5.41, 5.74) is 5.19. The van der Waals surface area contributed by atoms with Gasteiger partial charge in [0.15, 0.2) is 5.69 Å². The SMILES string of the molecule is NC(=O)c1cn(C[C@@H]2C[C@H](F)CN2C(=O)CC2CC2)nn1. The molecular formula is C13H18FN5O2. The summed E-state index contributed by atoms with van der Waals surface area (Å²) in [4.78, 5) is 24.8. The fourth-order valence-electron chi connectivity index (χ4n) is 2.74. The van der Waals surface area contributed by atoms with Gasteiger partial charge in [-0.3, -0.25) is 9.59 Å². The Balaban J connectivity index is 1.66. The molecule has 2 aliphatic rings. The third-order valence-corrected chi connectivity index (χ3v) is 4.03. The van der Waals surface area contributed by atoms with Crippen molar-refractivity contribution in [2.24, 2.45) is 11.7 Å². The summed E-state index contributed by atoms with van der Waals surface area (Å²) < 4.78 is 15.1. The maximum atomic E-state index is 13.7. The van der Waals surface area contributed by atoms with Crippen molar-refractivity contribution < 1.29 is 14.0 Å². The molecule has 1 saturated carbocycles. The largest absolute Gasteiger partial charge is 0.364 e. The molecule has 0 spiro atoms. The van der Waals surface area contributed by atoms with E-state index in [9.17, 15) is 14.0 Å². The van der Waals surface area contributed by atoms with Crippen LogP contribution < -0.4 is 5.73 Å². The standard InChI is InChI=1S/C13H18FN5O2/c14-9-4-10(6-18-7-11(13(15)21)16-17-18)19(5-9)12(20)3-8-1-2-8/h7-10H,1-6H2,(H2,15,21)/t9-,10-/m0/s1. The van der Waals surface area contributed by atoms with Crippen LogP contribution in [0.15, 0.2) is 6.20 Å². The Morgan fingerprint density at radius 1 is 1.43 bits per heavy atom. The normalized spacial score (nSPS) is 25.3. The highest BCUT2D eigenvalue weighted by atomic mass is 19.1. The molecule has 2 amide bonds. The summed E-state index contributed by atoms with van der Waals surface area (Å²) in [6, 6.07) is -0.242. The monoisotopic (exact) mass is 295 g/mol. The lowest BCUT2D eigenvalue weighted by Crippen LogP contribution is -2.38. The van der Waals surface area contributed by atoms with Gasteiger partial charge in [0, 0.05) is 12.8 Å². The number of likely N-dealkylation sites (tertiary alicyclic amines) is 1. The van der Waals surface area contributed by atoms with Crippen molar-refractivity contribution >= 4 is 11.8 Å². The van der Waals surface area contributed by atoms with Crippen LogP contribution in [-0.4, -0.2) is 50.5 Å². The third kappa shape index (κ3) is 3.20. The summed E-state index contributed by atoms with van der Waals surface area (Å²) in [7, 11) is 0. The number of primary amides is 1. The molecule has 0 aromatic carbocycles. The summed E-state index contributed by atoms with van der Waals surface area (Å²) >= 11 is 0. The zero-order valence-corrected chi connectivity index (χ0v) is 11.6. The van der Waals surface area contributed by atoms with Crippen LogP contribution in [0, 0.1) is 5.92 Å². The van der Waals surface area contributed by atoms with E-state index in [2.05, 4.69) is 10.3 Å². The molecule has 3 rings (SSSR count). The van der Waals surface area contributed by atoms with Crippen LogP contribution in [0.4, 0.5) is 4.39 Å². The van der Waals surface area contributed by atoms with Crippen molar-refractivity contribution in [2.75, 3.05) is 6.54 Å². The van der Waals surface area contributed by atoms with E-state index < -0.39 is 12.1 Å². The Bertz CT molecular complexity index is 557. The van der Waals surface area contributed by atoms with Gasteiger partial charge in [0.2, 0.25) is 5.91 Å². The minimum atomic E-state index is -1.00. The number of alkyl halides is 1. The first-order valence-electron chi connectivity index (χ1n) is 7.16. The van der Waals surface area contributed by atoms with Gasteiger partial charge in [-0.2, -0.15) is 0 Å². The van der Waals surface area contributed by atoms with E-state index in [1.807, 2.05) is 0 Å². The summed E-state index contributed by atoms with van der Waals surface area (Å²) in [6.45, 7) is 0.477. The van der Waals surface area contributed by atoms with Gasteiger partial charge in [-0.05, 0) is 18.8 Å². The van der Waals surface area contributed by atoms with Crippen LogP contribution in [0.5, 0.6) is 0 Å². The maximum absolute atomic E-state index is 13.7. The van der Waals surface area contributed by atoms with Crippen LogP contribution >= 0.6 is 0 Å². The zero-order chi connectivity index (χ0) is 15.0. The molecule has 1 aromatic rings. The summed E-state index contributed by atoms with van der Waals surface area (Å²) in [5.74, 6) is -0.166. The molecule has 0 radical (unpaired) electrons. The number of carbonyl (C=O) groups is 2. The van der Waals surface area contributed by atoms with E-state index in [1.165, 1.54) is 10.9 Å². The highest BCUT2D eigenvalue weighted by molar-refractivity contribution is 5.90. The molecule has 21 heavy (non-hydrogen) atoms. The van der Waals surface area contributed by atoms with Gasteiger partial charge in [-0.25, -0.2) is 9.07 Å². The third-order valence-electron chi connectivity index (χ3n) is 4.03.